The van der Waals surface area contributed by atoms with E-state index in [1.807, 2.05) is 30.5 Å². The number of amides is 1. The number of carbonyl (C=O) groups is 1. The van der Waals surface area contributed by atoms with Crippen molar-refractivity contribution in [3.05, 3.63) is 75.5 Å². The van der Waals surface area contributed by atoms with Crippen molar-refractivity contribution in [1.82, 2.24) is 19.8 Å². The summed E-state index contributed by atoms with van der Waals surface area (Å²) in [5.74, 6) is 0.0883. The number of nitrogens with one attached hydrogen (secondary N) is 1. The summed E-state index contributed by atoms with van der Waals surface area (Å²) in [7, 11) is 0. The largest absolute Gasteiger partial charge is 0.390 e. The van der Waals surface area contributed by atoms with Gasteiger partial charge in [-0.05, 0) is 49.7 Å². The van der Waals surface area contributed by atoms with E-state index in [1.54, 1.807) is 18.2 Å². The first-order chi connectivity index (χ1) is 17.8. The Kier molecular flexibility index (Phi) is 12.8. The van der Waals surface area contributed by atoms with Crippen LogP contribution in [0.1, 0.15) is 35.4 Å². The zero-order valence-electron chi connectivity index (χ0n) is 21.9. The number of hydrogen-bond donors (Lipinski definition) is 2. The summed E-state index contributed by atoms with van der Waals surface area (Å²) in [6, 6.07) is 11.8. The molecule has 4 rings (SSSR count). The third-order valence-electron chi connectivity index (χ3n) is 6.56. The molecule has 0 radical (unpaired) electrons. The van der Waals surface area contributed by atoms with Crippen LogP contribution in [-0.2, 0) is 6.42 Å². The average Bonchev–Trinajstić information content (AvgIpc) is 3.21. The van der Waals surface area contributed by atoms with E-state index < -0.39 is 6.10 Å². The summed E-state index contributed by atoms with van der Waals surface area (Å²) < 4.78 is 15.3. The summed E-state index contributed by atoms with van der Waals surface area (Å²) in [5.41, 5.74) is 2.66. The van der Waals surface area contributed by atoms with E-state index in [-0.39, 0.29) is 43.1 Å². The minimum absolute atomic E-state index is 0. The number of piperazine rings is 1. The quantitative estimate of drug-likeness (QED) is 0.338. The molecule has 0 spiro atoms. The summed E-state index contributed by atoms with van der Waals surface area (Å²) in [6.07, 6.45) is 0.814. The van der Waals surface area contributed by atoms with E-state index in [0.717, 1.165) is 49.8 Å². The molecule has 3 aromatic rings. The smallest absolute Gasteiger partial charge is 0.271 e. The lowest BCUT2D eigenvalue weighted by atomic mass is 10.2. The van der Waals surface area contributed by atoms with Gasteiger partial charge in [-0.3, -0.25) is 9.69 Å². The first-order valence-corrected chi connectivity index (χ1v) is 13.3. The van der Waals surface area contributed by atoms with Gasteiger partial charge in [-0.15, -0.1) is 24.8 Å². The van der Waals surface area contributed by atoms with Crippen molar-refractivity contribution in [3.63, 3.8) is 0 Å². The summed E-state index contributed by atoms with van der Waals surface area (Å²) >= 11 is 12.5. The van der Waals surface area contributed by atoms with Crippen LogP contribution in [0.4, 0.5) is 10.1 Å². The van der Waals surface area contributed by atoms with Crippen molar-refractivity contribution < 1.29 is 14.3 Å². The van der Waals surface area contributed by atoms with Gasteiger partial charge in [-0.1, -0.05) is 36.2 Å². The van der Waals surface area contributed by atoms with Gasteiger partial charge in [-0.2, -0.15) is 0 Å². The Bertz CT molecular complexity index is 1230. The molecular formula is C27H34Cl4FN5O2. The third kappa shape index (κ3) is 7.99. The number of hydrogen-bond acceptors (Lipinski definition) is 5. The molecule has 1 saturated heterocycles. The molecule has 0 aliphatic carbocycles. The number of nitrogens with zero attached hydrogens (tertiary/aromatic N) is 4. The second-order valence-electron chi connectivity index (χ2n) is 9.25. The topological polar surface area (TPSA) is 73.6 Å². The molecule has 1 aromatic heterocycles. The van der Waals surface area contributed by atoms with E-state index in [4.69, 9.17) is 23.2 Å². The van der Waals surface area contributed by atoms with Crippen molar-refractivity contribution in [2.75, 3.05) is 44.2 Å². The minimum atomic E-state index is -0.722. The average molecular weight is 621 g/mol. The molecule has 2 aromatic carbocycles. The summed E-state index contributed by atoms with van der Waals surface area (Å²) in [4.78, 5) is 21.9. The molecule has 2 N–H and O–H groups in total. The maximum atomic E-state index is 13.4. The predicted molar refractivity (Wildman–Crippen MR) is 160 cm³/mol. The Morgan fingerprint density at radius 2 is 1.77 bits per heavy atom. The number of aliphatic hydroxyl groups excluding tert-OH is 1. The molecule has 214 valence electrons. The van der Waals surface area contributed by atoms with Crippen LogP contribution in [0.2, 0.25) is 10.0 Å². The van der Waals surface area contributed by atoms with Crippen LogP contribution in [-0.4, -0.2) is 70.8 Å². The molecule has 2 heterocycles. The maximum Gasteiger partial charge on any atom is 0.271 e. The number of halogens is 5. The van der Waals surface area contributed by atoms with Crippen LogP contribution in [0.25, 0.3) is 5.69 Å². The number of benzene rings is 2. The fourth-order valence-corrected chi connectivity index (χ4v) is 5.08. The van der Waals surface area contributed by atoms with Gasteiger partial charge in [0.15, 0.2) is 0 Å². The molecule has 0 saturated carbocycles. The zero-order valence-corrected chi connectivity index (χ0v) is 25.0. The molecule has 1 aliphatic rings. The van der Waals surface area contributed by atoms with E-state index in [2.05, 4.69) is 20.1 Å². The van der Waals surface area contributed by atoms with Gasteiger partial charge in [0.1, 0.15) is 17.3 Å². The predicted octanol–water partition coefficient (Wildman–Crippen LogP) is 5.34. The Labute approximate surface area is 251 Å². The highest BCUT2D eigenvalue weighted by Crippen LogP contribution is 2.32. The van der Waals surface area contributed by atoms with E-state index >= 15 is 0 Å². The van der Waals surface area contributed by atoms with Gasteiger partial charge in [0.2, 0.25) is 0 Å². The van der Waals surface area contributed by atoms with Gasteiger partial charge in [0.25, 0.3) is 5.91 Å². The highest BCUT2D eigenvalue weighted by atomic mass is 35.5. The third-order valence-corrected chi connectivity index (χ3v) is 7.37. The molecule has 1 fully saturated rings. The normalized spacial score (nSPS) is 14.4. The lowest BCUT2D eigenvalue weighted by Gasteiger charge is -2.37. The number of imidazole rings is 1. The van der Waals surface area contributed by atoms with E-state index in [0.29, 0.717) is 34.4 Å². The molecule has 1 amide bonds. The number of aryl methyl sites for hydroxylation is 1. The Morgan fingerprint density at radius 1 is 1.10 bits per heavy atom. The fraction of sp³-hybridized carbons (Fsp3) is 0.407. The maximum absolute atomic E-state index is 13.4. The number of aromatic nitrogens is 2. The van der Waals surface area contributed by atoms with Crippen molar-refractivity contribution in [1.29, 1.82) is 0 Å². The van der Waals surface area contributed by atoms with Gasteiger partial charge < -0.3 is 19.9 Å². The lowest BCUT2D eigenvalue weighted by Crippen LogP contribution is -2.50. The van der Waals surface area contributed by atoms with Gasteiger partial charge in [0, 0.05) is 51.4 Å². The highest BCUT2D eigenvalue weighted by Gasteiger charge is 2.23. The SMILES string of the molecule is CCCc1nc(C(=O)NCC(O)CN2CCN(c3cccc(Cl)c3Cl)CC2)c(C)n1-c1ccc(F)cc1.Cl.Cl. The van der Waals surface area contributed by atoms with Crippen molar-refractivity contribution in [2.24, 2.45) is 0 Å². The second-order valence-corrected chi connectivity index (χ2v) is 10.0. The fourth-order valence-electron chi connectivity index (χ4n) is 4.66. The van der Waals surface area contributed by atoms with Crippen molar-refractivity contribution in [3.8, 4) is 5.69 Å². The summed E-state index contributed by atoms with van der Waals surface area (Å²) in [6.45, 7) is 7.47. The number of anilines is 1. The second kappa shape index (κ2) is 15.1. The van der Waals surface area contributed by atoms with Gasteiger partial charge in [-0.25, -0.2) is 9.37 Å². The van der Waals surface area contributed by atoms with Crippen LogP contribution < -0.4 is 10.2 Å². The monoisotopic (exact) mass is 619 g/mol. The van der Waals surface area contributed by atoms with Crippen LogP contribution in [0, 0.1) is 12.7 Å². The molecule has 12 heteroatoms. The van der Waals surface area contributed by atoms with Gasteiger partial charge in [0.05, 0.1) is 27.5 Å². The molecule has 39 heavy (non-hydrogen) atoms. The van der Waals surface area contributed by atoms with Crippen LogP contribution in [0.5, 0.6) is 0 Å². The van der Waals surface area contributed by atoms with E-state index in [9.17, 15) is 14.3 Å². The lowest BCUT2D eigenvalue weighted by molar-refractivity contribution is 0.0847. The van der Waals surface area contributed by atoms with Gasteiger partial charge >= 0.3 is 0 Å². The van der Waals surface area contributed by atoms with Crippen LogP contribution in [0.15, 0.2) is 42.5 Å². The highest BCUT2D eigenvalue weighted by molar-refractivity contribution is 6.43. The molecule has 0 bridgehead atoms. The van der Waals surface area contributed by atoms with E-state index in [1.165, 1.54) is 12.1 Å². The molecular weight excluding hydrogens is 587 g/mol. The van der Waals surface area contributed by atoms with Crippen LogP contribution >= 0.6 is 48.0 Å². The number of aliphatic hydroxyl groups is 1. The molecule has 1 atom stereocenters. The molecule has 1 aliphatic heterocycles. The first-order valence-electron chi connectivity index (χ1n) is 12.5. The number of rotatable bonds is 9. The van der Waals surface area contributed by atoms with Crippen molar-refractivity contribution >= 4 is 59.6 Å². The number of carbonyl (C=O) groups excluding carboxylic acids is 1. The molecule has 1 unspecified atom stereocenters. The summed E-state index contributed by atoms with van der Waals surface area (Å²) in [5, 5.41) is 14.5. The number of β-amino-alcohol motifs (C(OH)–C–C–N with tert-alkyl or cyclic N) is 1. The van der Waals surface area contributed by atoms with Crippen molar-refractivity contribution in [2.45, 2.75) is 32.8 Å². The standard InChI is InChI=1S/C27H32Cl2FN5O2.2ClH/c1-3-5-24-32-26(18(2)35(24)20-10-8-19(30)9-11-20)27(37)31-16-21(36)17-33-12-14-34(15-13-33)23-7-4-6-22(28)25(23)29;;/h4,6-11,21,36H,3,5,12-17H2,1-2H3,(H,31,37);2*1H. The zero-order chi connectivity index (χ0) is 26.5. The Balaban J connectivity index is 0.00000267. The van der Waals surface area contributed by atoms with Crippen LogP contribution in [0.3, 0.4) is 0 Å². The first kappa shape index (κ1) is 33.1. The molecule has 7 nitrogen and oxygen atoms in total. The minimum Gasteiger partial charge on any atom is -0.390 e. The Morgan fingerprint density at radius 3 is 2.41 bits per heavy atom. The Hall–Kier alpha value is -2.07.